The first-order valence-electron chi connectivity index (χ1n) is 6.85. The maximum atomic E-state index is 11.3. The van der Waals surface area contributed by atoms with Crippen LogP contribution in [0, 0.1) is 5.92 Å². The Morgan fingerprint density at radius 3 is 3.20 bits per heavy atom. The molecule has 1 aliphatic rings. The van der Waals surface area contributed by atoms with Gasteiger partial charge >= 0.3 is 0 Å². The third-order valence-corrected chi connectivity index (χ3v) is 3.55. The number of nitrogens with zero attached hydrogens (tertiary/aromatic N) is 4. The van der Waals surface area contributed by atoms with E-state index in [4.69, 9.17) is 10.6 Å². The van der Waals surface area contributed by atoms with Crippen molar-refractivity contribution in [1.82, 2.24) is 25.3 Å². The van der Waals surface area contributed by atoms with Crippen LogP contribution in [-0.2, 0) is 11.3 Å². The van der Waals surface area contributed by atoms with Crippen molar-refractivity contribution < 1.29 is 9.53 Å². The van der Waals surface area contributed by atoms with Gasteiger partial charge in [0.2, 0.25) is 0 Å². The van der Waals surface area contributed by atoms with Crippen LogP contribution in [0.5, 0.6) is 0 Å². The van der Waals surface area contributed by atoms with Crippen LogP contribution in [0.3, 0.4) is 0 Å². The second-order valence-electron chi connectivity index (χ2n) is 5.10. The highest BCUT2D eigenvalue weighted by Gasteiger charge is 2.19. The third kappa shape index (κ3) is 3.99. The van der Waals surface area contributed by atoms with Crippen LogP contribution < -0.4 is 11.3 Å². The van der Waals surface area contributed by atoms with Crippen molar-refractivity contribution in [2.24, 2.45) is 11.8 Å². The number of hydrogen-bond acceptors (Lipinski definition) is 6. The lowest BCUT2D eigenvalue weighted by molar-refractivity contribution is 0.0884. The molecule has 2 rings (SSSR count). The minimum atomic E-state index is -0.422. The Bertz CT molecular complexity index is 433. The second kappa shape index (κ2) is 7.32. The van der Waals surface area contributed by atoms with Gasteiger partial charge in [-0.2, -0.15) is 0 Å². The number of rotatable bonds is 6. The molecule has 8 nitrogen and oxygen atoms in total. The molecule has 1 atom stereocenters. The second-order valence-corrected chi connectivity index (χ2v) is 5.10. The average Bonchev–Trinajstić information content (AvgIpc) is 2.94. The molecule has 0 aromatic carbocycles. The Morgan fingerprint density at radius 2 is 2.45 bits per heavy atom. The van der Waals surface area contributed by atoms with Crippen LogP contribution in [0.25, 0.3) is 0 Å². The van der Waals surface area contributed by atoms with E-state index in [1.807, 2.05) is 5.43 Å². The Labute approximate surface area is 118 Å². The monoisotopic (exact) mass is 282 g/mol. The van der Waals surface area contributed by atoms with Gasteiger partial charge in [0.15, 0.2) is 5.69 Å². The minimum absolute atomic E-state index is 0.239. The van der Waals surface area contributed by atoms with Crippen molar-refractivity contribution in [1.29, 1.82) is 0 Å². The van der Waals surface area contributed by atoms with Gasteiger partial charge in [0.1, 0.15) is 0 Å². The van der Waals surface area contributed by atoms with Crippen LogP contribution >= 0.6 is 0 Å². The number of ether oxygens (including phenoxy) is 1. The van der Waals surface area contributed by atoms with Crippen LogP contribution in [-0.4, -0.2) is 59.2 Å². The number of carbonyl (C=O) groups is 1. The molecule has 0 bridgehead atoms. The summed E-state index contributed by atoms with van der Waals surface area (Å²) in [6.45, 7) is 4.59. The van der Waals surface area contributed by atoms with Gasteiger partial charge < -0.3 is 9.64 Å². The van der Waals surface area contributed by atoms with Gasteiger partial charge in [0.25, 0.3) is 5.91 Å². The van der Waals surface area contributed by atoms with Crippen LogP contribution in [0.15, 0.2) is 6.20 Å². The number of hydrogen-bond donors (Lipinski definition) is 2. The third-order valence-electron chi connectivity index (χ3n) is 3.55. The first kappa shape index (κ1) is 14.9. The zero-order valence-corrected chi connectivity index (χ0v) is 11.8. The van der Waals surface area contributed by atoms with Crippen molar-refractivity contribution in [3.63, 3.8) is 0 Å². The molecule has 1 unspecified atom stereocenters. The highest BCUT2D eigenvalue weighted by molar-refractivity contribution is 5.91. The van der Waals surface area contributed by atoms with Crippen molar-refractivity contribution in [2.75, 3.05) is 33.4 Å². The number of piperidine rings is 1. The van der Waals surface area contributed by atoms with E-state index < -0.39 is 5.91 Å². The van der Waals surface area contributed by atoms with Crippen molar-refractivity contribution in [3.8, 4) is 0 Å². The number of hydrazine groups is 1. The molecule has 1 amide bonds. The van der Waals surface area contributed by atoms with Crippen molar-refractivity contribution in [2.45, 2.75) is 19.4 Å². The van der Waals surface area contributed by atoms with E-state index in [0.29, 0.717) is 12.5 Å². The quantitative estimate of drug-likeness (QED) is 0.404. The fraction of sp³-hybridized carbons (Fsp3) is 0.750. The van der Waals surface area contributed by atoms with Gasteiger partial charge in [-0.3, -0.25) is 14.9 Å². The van der Waals surface area contributed by atoms with E-state index >= 15 is 0 Å². The normalized spacial score (nSPS) is 20.0. The molecule has 1 saturated heterocycles. The molecular weight excluding hydrogens is 260 g/mol. The molecule has 20 heavy (non-hydrogen) atoms. The van der Waals surface area contributed by atoms with Gasteiger partial charge in [-0.05, 0) is 25.3 Å². The highest BCUT2D eigenvalue weighted by Crippen LogP contribution is 2.16. The summed E-state index contributed by atoms with van der Waals surface area (Å²) >= 11 is 0. The van der Waals surface area contributed by atoms with Gasteiger partial charge in [0.05, 0.1) is 19.3 Å². The lowest BCUT2D eigenvalue weighted by Crippen LogP contribution is -2.38. The van der Waals surface area contributed by atoms with E-state index in [-0.39, 0.29) is 5.69 Å². The molecule has 1 aromatic heterocycles. The fourth-order valence-electron chi connectivity index (χ4n) is 2.56. The summed E-state index contributed by atoms with van der Waals surface area (Å²) in [7, 11) is 1.75. The number of nitrogen functional groups attached to an aromatic ring is 1. The largest absolute Gasteiger partial charge is 0.384 e. The zero-order chi connectivity index (χ0) is 14.4. The van der Waals surface area contributed by atoms with E-state index in [1.165, 1.54) is 12.8 Å². The van der Waals surface area contributed by atoms with Crippen LogP contribution in [0.2, 0.25) is 0 Å². The molecule has 1 aliphatic heterocycles. The summed E-state index contributed by atoms with van der Waals surface area (Å²) in [6.07, 6.45) is 4.04. The molecule has 2 heterocycles. The van der Waals surface area contributed by atoms with Gasteiger partial charge in [0, 0.05) is 20.2 Å². The lowest BCUT2D eigenvalue weighted by Gasteiger charge is -2.32. The van der Waals surface area contributed by atoms with Gasteiger partial charge in [-0.1, -0.05) is 5.21 Å². The fourth-order valence-corrected chi connectivity index (χ4v) is 2.56. The molecule has 3 N–H and O–H groups in total. The Balaban J connectivity index is 1.79. The zero-order valence-electron chi connectivity index (χ0n) is 11.8. The number of likely N-dealkylation sites (tertiary alicyclic amines) is 1. The average molecular weight is 282 g/mol. The van der Waals surface area contributed by atoms with Gasteiger partial charge in [-0.25, -0.2) is 5.84 Å². The molecule has 0 saturated carbocycles. The number of methoxy groups -OCH3 is 1. The summed E-state index contributed by atoms with van der Waals surface area (Å²) in [4.78, 5) is 13.7. The van der Waals surface area contributed by atoms with E-state index in [9.17, 15) is 4.79 Å². The first-order valence-corrected chi connectivity index (χ1v) is 6.85. The molecule has 0 spiro atoms. The maximum absolute atomic E-state index is 11.3. The maximum Gasteiger partial charge on any atom is 0.287 e. The standard InChI is InChI=1S/C12H22N6O2/c1-20-9-10-3-2-4-17(7-10)5-6-18-8-11(15-16-18)12(19)14-13/h8,10H,2-7,9,13H2,1H3,(H,14,19). The van der Waals surface area contributed by atoms with Crippen LogP contribution in [0.1, 0.15) is 23.3 Å². The van der Waals surface area contributed by atoms with Crippen LogP contribution in [0.4, 0.5) is 0 Å². The minimum Gasteiger partial charge on any atom is -0.384 e. The molecule has 0 radical (unpaired) electrons. The number of nitrogens with two attached hydrogens (primary N) is 1. The molecule has 8 heteroatoms. The molecule has 1 fully saturated rings. The predicted molar refractivity (Wildman–Crippen MR) is 72.7 cm³/mol. The number of carbonyl (C=O) groups excluding carboxylic acids is 1. The summed E-state index contributed by atoms with van der Waals surface area (Å²) in [5.74, 6) is 5.24. The molecular formula is C12H22N6O2. The smallest absolute Gasteiger partial charge is 0.287 e. The van der Waals surface area contributed by atoms with E-state index in [1.54, 1.807) is 18.0 Å². The molecule has 1 aromatic rings. The van der Waals surface area contributed by atoms with Gasteiger partial charge in [-0.15, -0.1) is 5.10 Å². The molecule has 112 valence electrons. The topological polar surface area (TPSA) is 98.3 Å². The predicted octanol–water partition coefficient (Wildman–Crippen LogP) is -0.760. The van der Waals surface area contributed by atoms with Crippen molar-refractivity contribution in [3.05, 3.63) is 11.9 Å². The van der Waals surface area contributed by atoms with E-state index in [0.717, 1.165) is 26.2 Å². The summed E-state index contributed by atoms with van der Waals surface area (Å²) in [5, 5.41) is 7.70. The Kier molecular flexibility index (Phi) is 5.45. The number of nitrogens with one attached hydrogen (secondary N) is 1. The highest BCUT2D eigenvalue weighted by atomic mass is 16.5. The summed E-state index contributed by atoms with van der Waals surface area (Å²) < 4.78 is 6.90. The lowest BCUT2D eigenvalue weighted by atomic mass is 9.99. The summed E-state index contributed by atoms with van der Waals surface area (Å²) in [5.41, 5.74) is 2.28. The Morgan fingerprint density at radius 1 is 1.60 bits per heavy atom. The summed E-state index contributed by atoms with van der Waals surface area (Å²) in [6, 6.07) is 0. The van der Waals surface area contributed by atoms with E-state index in [2.05, 4.69) is 15.2 Å². The Hall–Kier alpha value is -1.51. The first-order chi connectivity index (χ1) is 9.72. The molecule has 0 aliphatic carbocycles. The number of amides is 1. The van der Waals surface area contributed by atoms with Crippen molar-refractivity contribution >= 4 is 5.91 Å². The number of aromatic nitrogens is 3. The SMILES string of the molecule is COCC1CCCN(CCn2cc(C(=O)NN)nn2)C1.